The van der Waals surface area contributed by atoms with Crippen LogP contribution in [-0.2, 0) is 16.6 Å². The summed E-state index contributed by atoms with van der Waals surface area (Å²) in [6, 6.07) is 14.3. The molecule has 3 rings (SSSR count). The highest BCUT2D eigenvalue weighted by atomic mass is 32.2. The van der Waals surface area contributed by atoms with Crippen molar-refractivity contribution in [1.29, 1.82) is 0 Å². The van der Waals surface area contributed by atoms with E-state index in [0.717, 1.165) is 16.7 Å². The summed E-state index contributed by atoms with van der Waals surface area (Å²) in [7, 11) is -3.67. The van der Waals surface area contributed by atoms with Crippen molar-refractivity contribution in [1.82, 2.24) is 14.4 Å². The van der Waals surface area contributed by atoms with Crippen LogP contribution in [0.1, 0.15) is 30.9 Å². The van der Waals surface area contributed by atoms with Crippen molar-refractivity contribution in [2.24, 2.45) is 0 Å². The van der Waals surface area contributed by atoms with Crippen LogP contribution in [0.15, 0.2) is 57.9 Å². The molecule has 0 saturated carbocycles. The Morgan fingerprint density at radius 1 is 1.04 bits per heavy atom. The molecule has 0 fully saturated rings. The molecule has 0 aliphatic carbocycles. The third kappa shape index (κ3) is 4.26. The summed E-state index contributed by atoms with van der Waals surface area (Å²) in [5.41, 5.74) is 2.93. The predicted molar refractivity (Wildman–Crippen MR) is 104 cm³/mol. The summed E-state index contributed by atoms with van der Waals surface area (Å²) >= 11 is 0. The van der Waals surface area contributed by atoms with Gasteiger partial charge in [-0.3, -0.25) is 0 Å². The first-order valence-electron chi connectivity index (χ1n) is 8.75. The van der Waals surface area contributed by atoms with Crippen molar-refractivity contribution < 1.29 is 12.9 Å². The lowest BCUT2D eigenvalue weighted by Crippen LogP contribution is -2.36. The summed E-state index contributed by atoms with van der Waals surface area (Å²) < 4.78 is 32.8. The van der Waals surface area contributed by atoms with Gasteiger partial charge in [0, 0.05) is 11.6 Å². The van der Waals surface area contributed by atoms with Gasteiger partial charge in [0.05, 0.1) is 11.4 Å². The predicted octanol–water partition coefficient (Wildman–Crippen LogP) is 3.95. The van der Waals surface area contributed by atoms with Crippen molar-refractivity contribution in [3.05, 3.63) is 65.5 Å². The third-order valence-corrected chi connectivity index (χ3v) is 6.28. The van der Waals surface area contributed by atoms with E-state index < -0.39 is 10.0 Å². The molecular weight excluding hydrogens is 362 g/mol. The van der Waals surface area contributed by atoms with Crippen molar-refractivity contribution in [3.63, 3.8) is 0 Å². The van der Waals surface area contributed by atoms with Gasteiger partial charge in [0.1, 0.15) is 0 Å². The van der Waals surface area contributed by atoms with Gasteiger partial charge < -0.3 is 4.52 Å². The lowest BCUT2D eigenvalue weighted by molar-refractivity contribution is 0.286. The minimum Gasteiger partial charge on any atom is -0.338 e. The first-order valence-corrected chi connectivity index (χ1v) is 10.2. The Labute approximate surface area is 159 Å². The van der Waals surface area contributed by atoms with Crippen molar-refractivity contribution in [3.8, 4) is 11.4 Å². The summed E-state index contributed by atoms with van der Waals surface area (Å²) in [6.07, 6.45) is 0. The van der Waals surface area contributed by atoms with Gasteiger partial charge in [0.25, 0.3) is 0 Å². The molecular formula is C20H23N3O3S. The van der Waals surface area contributed by atoms with E-state index in [1.807, 2.05) is 52.0 Å². The van der Waals surface area contributed by atoms with Gasteiger partial charge in [-0.05, 0) is 45.9 Å². The molecule has 0 aliphatic rings. The smallest absolute Gasteiger partial charge is 0.243 e. The van der Waals surface area contributed by atoms with Gasteiger partial charge in [-0.25, -0.2) is 8.42 Å². The standard InChI is InChI=1S/C20H23N3O3S/c1-14(2)23(27(24,25)18-10-8-15(3)9-11-18)13-19-21-20(22-26-19)17-7-5-6-16(4)12-17/h5-12,14H,13H2,1-4H3. The molecule has 7 heteroatoms. The maximum atomic E-state index is 13.0. The Bertz CT molecular complexity index is 1020. The second-order valence-electron chi connectivity index (χ2n) is 6.84. The number of aryl methyl sites for hydroxylation is 2. The summed E-state index contributed by atoms with van der Waals surface area (Å²) in [5.74, 6) is 0.709. The van der Waals surface area contributed by atoms with Crippen molar-refractivity contribution >= 4 is 10.0 Å². The molecule has 0 spiro atoms. The number of hydrogen-bond donors (Lipinski definition) is 0. The molecule has 0 radical (unpaired) electrons. The zero-order chi connectivity index (χ0) is 19.6. The monoisotopic (exact) mass is 385 g/mol. The van der Waals surface area contributed by atoms with Crippen LogP contribution in [0.25, 0.3) is 11.4 Å². The quantitative estimate of drug-likeness (QED) is 0.642. The van der Waals surface area contributed by atoms with E-state index in [0.29, 0.717) is 5.82 Å². The summed E-state index contributed by atoms with van der Waals surface area (Å²) in [4.78, 5) is 4.63. The van der Waals surface area contributed by atoms with Crippen LogP contribution in [0.4, 0.5) is 0 Å². The Morgan fingerprint density at radius 3 is 2.37 bits per heavy atom. The van der Waals surface area contributed by atoms with Crippen LogP contribution in [0.2, 0.25) is 0 Å². The molecule has 27 heavy (non-hydrogen) atoms. The number of benzene rings is 2. The number of rotatable bonds is 6. The van der Waals surface area contributed by atoms with Crippen molar-refractivity contribution in [2.75, 3.05) is 0 Å². The lowest BCUT2D eigenvalue weighted by Gasteiger charge is -2.24. The Kier molecular flexibility index (Phi) is 5.43. The first-order chi connectivity index (χ1) is 12.8. The number of sulfonamides is 1. The van der Waals surface area contributed by atoms with Gasteiger partial charge in [-0.1, -0.05) is 46.6 Å². The zero-order valence-electron chi connectivity index (χ0n) is 15.9. The molecule has 0 atom stereocenters. The van der Waals surface area contributed by atoms with E-state index in [1.165, 1.54) is 4.31 Å². The summed E-state index contributed by atoms with van der Waals surface area (Å²) in [5, 5.41) is 4.00. The largest absolute Gasteiger partial charge is 0.338 e. The van der Waals surface area contributed by atoms with Crippen LogP contribution in [0, 0.1) is 13.8 Å². The highest BCUT2D eigenvalue weighted by Gasteiger charge is 2.29. The van der Waals surface area contributed by atoms with Crippen LogP contribution in [0.3, 0.4) is 0 Å². The second kappa shape index (κ2) is 7.62. The average molecular weight is 385 g/mol. The van der Waals surface area contributed by atoms with E-state index in [2.05, 4.69) is 10.1 Å². The van der Waals surface area contributed by atoms with Gasteiger partial charge in [-0.15, -0.1) is 0 Å². The molecule has 3 aromatic rings. The van der Waals surface area contributed by atoms with Crippen LogP contribution in [0.5, 0.6) is 0 Å². The molecule has 0 N–H and O–H groups in total. The maximum Gasteiger partial charge on any atom is 0.243 e. The van der Waals surface area contributed by atoms with Gasteiger partial charge in [0.15, 0.2) is 0 Å². The fourth-order valence-electron chi connectivity index (χ4n) is 2.74. The lowest BCUT2D eigenvalue weighted by atomic mass is 10.1. The van der Waals surface area contributed by atoms with E-state index in [4.69, 9.17) is 4.52 Å². The molecule has 6 nitrogen and oxygen atoms in total. The fourth-order valence-corrected chi connectivity index (χ4v) is 4.33. The zero-order valence-corrected chi connectivity index (χ0v) is 16.7. The highest BCUT2D eigenvalue weighted by Crippen LogP contribution is 2.23. The maximum absolute atomic E-state index is 13.0. The molecule has 0 unspecified atom stereocenters. The van der Waals surface area contributed by atoms with Crippen molar-refractivity contribution in [2.45, 2.75) is 45.2 Å². The van der Waals surface area contributed by atoms with Gasteiger partial charge in [-0.2, -0.15) is 9.29 Å². The number of hydrogen-bond acceptors (Lipinski definition) is 5. The molecule has 0 aliphatic heterocycles. The Balaban J connectivity index is 1.88. The van der Waals surface area contributed by atoms with Gasteiger partial charge in [0.2, 0.25) is 21.7 Å². The molecule has 142 valence electrons. The van der Waals surface area contributed by atoms with E-state index >= 15 is 0 Å². The second-order valence-corrected chi connectivity index (χ2v) is 8.73. The minimum absolute atomic E-state index is 0.0205. The Morgan fingerprint density at radius 2 is 1.74 bits per heavy atom. The summed E-state index contributed by atoms with van der Waals surface area (Å²) in [6.45, 7) is 7.57. The SMILES string of the molecule is Cc1ccc(S(=O)(=O)N(Cc2nc(-c3cccc(C)c3)no2)C(C)C)cc1. The fraction of sp³-hybridized carbons (Fsp3) is 0.300. The average Bonchev–Trinajstić information content (AvgIpc) is 3.08. The topological polar surface area (TPSA) is 76.3 Å². The van der Waals surface area contributed by atoms with Crippen LogP contribution in [-0.4, -0.2) is 28.9 Å². The normalized spacial score (nSPS) is 12.1. The molecule has 0 saturated heterocycles. The van der Waals surface area contributed by atoms with E-state index in [-0.39, 0.29) is 23.4 Å². The number of aromatic nitrogens is 2. The van der Waals surface area contributed by atoms with E-state index in [1.54, 1.807) is 24.3 Å². The Hall–Kier alpha value is -2.51. The van der Waals surface area contributed by atoms with E-state index in [9.17, 15) is 8.42 Å². The number of nitrogens with zero attached hydrogens (tertiary/aromatic N) is 3. The molecule has 0 amide bonds. The third-order valence-electron chi connectivity index (χ3n) is 4.24. The minimum atomic E-state index is -3.67. The van der Waals surface area contributed by atoms with Crippen LogP contribution < -0.4 is 0 Å². The highest BCUT2D eigenvalue weighted by molar-refractivity contribution is 7.89. The molecule has 1 aromatic heterocycles. The molecule has 1 heterocycles. The molecule has 2 aromatic carbocycles. The first kappa shape index (κ1) is 19.3. The van der Waals surface area contributed by atoms with Gasteiger partial charge >= 0.3 is 0 Å². The molecule has 0 bridgehead atoms. The van der Waals surface area contributed by atoms with Crippen LogP contribution >= 0.6 is 0 Å².